The molecule has 0 radical (unpaired) electrons. The van der Waals surface area contributed by atoms with Crippen molar-refractivity contribution in [1.29, 1.82) is 0 Å². The van der Waals surface area contributed by atoms with Crippen LogP contribution in [0.4, 0.5) is 5.69 Å². The molecule has 1 N–H and O–H groups in total. The summed E-state index contributed by atoms with van der Waals surface area (Å²) >= 11 is 0. The van der Waals surface area contributed by atoms with Crippen LogP contribution >= 0.6 is 0 Å². The van der Waals surface area contributed by atoms with Gasteiger partial charge >= 0.3 is 0 Å². The van der Waals surface area contributed by atoms with E-state index in [-0.39, 0.29) is 18.4 Å². The molecule has 27 heavy (non-hydrogen) atoms. The molecule has 1 aromatic carbocycles. The number of ether oxygens (including phenoxy) is 2. The molecule has 0 atom stereocenters. The highest BCUT2D eigenvalue weighted by molar-refractivity contribution is 6.04. The van der Waals surface area contributed by atoms with Crippen LogP contribution in [0.25, 0.3) is 0 Å². The van der Waals surface area contributed by atoms with Crippen LogP contribution < -0.4 is 10.1 Å². The molecular weight excluding hydrogens is 346 g/mol. The topological polar surface area (TPSA) is 80.8 Å². The van der Waals surface area contributed by atoms with Gasteiger partial charge in [-0.15, -0.1) is 0 Å². The van der Waals surface area contributed by atoms with Crippen molar-refractivity contribution in [2.24, 2.45) is 0 Å². The Bertz CT molecular complexity index is 794. The second kappa shape index (κ2) is 8.64. The number of amides is 2. The monoisotopic (exact) mass is 369 g/mol. The van der Waals surface area contributed by atoms with Crippen LogP contribution in [0.15, 0.2) is 36.4 Å². The molecule has 1 aromatic heterocycles. The third kappa shape index (κ3) is 5.27. The molecule has 0 spiro atoms. The first-order valence-corrected chi connectivity index (χ1v) is 8.86. The minimum absolute atomic E-state index is 0.0126. The van der Waals surface area contributed by atoms with Crippen molar-refractivity contribution in [2.75, 3.05) is 38.2 Å². The predicted molar refractivity (Wildman–Crippen MR) is 101 cm³/mol. The number of carbonyl (C=O) groups excluding carboxylic acids is 2. The van der Waals surface area contributed by atoms with E-state index in [0.29, 0.717) is 43.3 Å². The molecule has 2 amide bonds. The Hall–Kier alpha value is -2.93. The Morgan fingerprint density at radius 1 is 1.11 bits per heavy atom. The molecule has 1 saturated heterocycles. The Labute approximate surface area is 158 Å². The number of hydrogen-bond donors (Lipinski definition) is 1. The quantitative estimate of drug-likeness (QED) is 0.874. The van der Waals surface area contributed by atoms with Gasteiger partial charge in [0.1, 0.15) is 5.75 Å². The van der Waals surface area contributed by atoms with Gasteiger partial charge < -0.3 is 19.7 Å². The van der Waals surface area contributed by atoms with Crippen molar-refractivity contribution in [3.63, 3.8) is 0 Å². The number of aryl methyl sites for hydroxylation is 2. The van der Waals surface area contributed by atoms with Crippen molar-refractivity contribution in [1.82, 2.24) is 9.88 Å². The Kier molecular flexibility index (Phi) is 6.03. The van der Waals surface area contributed by atoms with Crippen LogP contribution in [0.5, 0.6) is 5.75 Å². The molecule has 0 unspecified atom stereocenters. The maximum atomic E-state index is 12.4. The van der Waals surface area contributed by atoms with Crippen LogP contribution in [-0.2, 0) is 9.53 Å². The summed E-state index contributed by atoms with van der Waals surface area (Å²) in [6.45, 7) is 6.03. The van der Waals surface area contributed by atoms with E-state index in [1.54, 1.807) is 41.3 Å². The lowest BCUT2D eigenvalue weighted by atomic mass is 10.2. The largest absolute Gasteiger partial charge is 0.484 e. The molecule has 1 fully saturated rings. The first-order valence-electron chi connectivity index (χ1n) is 8.86. The van der Waals surface area contributed by atoms with Gasteiger partial charge in [0.15, 0.2) is 6.61 Å². The molecule has 7 heteroatoms. The van der Waals surface area contributed by atoms with Gasteiger partial charge in [0, 0.05) is 35.7 Å². The zero-order valence-corrected chi connectivity index (χ0v) is 15.5. The number of pyridine rings is 1. The molecule has 2 aromatic rings. The minimum atomic E-state index is -0.195. The predicted octanol–water partition coefficient (Wildman–Crippen LogP) is 2.19. The summed E-state index contributed by atoms with van der Waals surface area (Å²) in [5.74, 6) is 0.323. The highest BCUT2D eigenvalue weighted by atomic mass is 16.5. The number of anilines is 1. The summed E-state index contributed by atoms with van der Waals surface area (Å²) in [6, 6.07) is 10.4. The van der Waals surface area contributed by atoms with E-state index in [4.69, 9.17) is 9.47 Å². The van der Waals surface area contributed by atoms with Crippen LogP contribution in [-0.4, -0.2) is 54.6 Å². The molecule has 142 valence electrons. The second-order valence-corrected chi connectivity index (χ2v) is 6.40. The van der Waals surface area contributed by atoms with Crippen molar-refractivity contribution in [2.45, 2.75) is 13.8 Å². The summed E-state index contributed by atoms with van der Waals surface area (Å²) in [5.41, 5.74) is 2.82. The number of hydrogen-bond acceptors (Lipinski definition) is 5. The summed E-state index contributed by atoms with van der Waals surface area (Å²) < 4.78 is 10.8. The summed E-state index contributed by atoms with van der Waals surface area (Å²) in [4.78, 5) is 30.4. The van der Waals surface area contributed by atoms with Crippen LogP contribution in [0.1, 0.15) is 21.7 Å². The smallest absolute Gasteiger partial charge is 0.260 e. The molecule has 2 heterocycles. The average molecular weight is 369 g/mol. The number of morpholine rings is 1. The van der Waals surface area contributed by atoms with Crippen molar-refractivity contribution < 1.29 is 19.1 Å². The zero-order chi connectivity index (χ0) is 19.2. The number of aromatic nitrogens is 1. The highest BCUT2D eigenvalue weighted by Gasteiger charge is 2.17. The van der Waals surface area contributed by atoms with Gasteiger partial charge in [0.2, 0.25) is 0 Å². The van der Waals surface area contributed by atoms with Gasteiger partial charge in [-0.3, -0.25) is 14.6 Å². The third-order valence-electron chi connectivity index (χ3n) is 4.18. The first kappa shape index (κ1) is 18.8. The Balaban J connectivity index is 1.53. The fourth-order valence-electron chi connectivity index (χ4n) is 2.85. The maximum Gasteiger partial charge on any atom is 0.260 e. The van der Waals surface area contributed by atoms with E-state index in [1.807, 2.05) is 13.8 Å². The molecule has 0 saturated carbocycles. The molecule has 1 aliphatic rings. The van der Waals surface area contributed by atoms with Crippen molar-refractivity contribution in [3.8, 4) is 5.75 Å². The third-order valence-corrected chi connectivity index (χ3v) is 4.18. The Morgan fingerprint density at radius 2 is 1.74 bits per heavy atom. The Morgan fingerprint density at radius 3 is 2.37 bits per heavy atom. The fraction of sp³-hybridized carbons (Fsp3) is 0.350. The number of benzene rings is 1. The molecule has 0 bridgehead atoms. The van der Waals surface area contributed by atoms with E-state index >= 15 is 0 Å². The van der Waals surface area contributed by atoms with E-state index < -0.39 is 0 Å². The molecule has 3 rings (SSSR count). The van der Waals surface area contributed by atoms with E-state index in [1.165, 1.54) is 0 Å². The van der Waals surface area contributed by atoms with E-state index in [9.17, 15) is 9.59 Å². The van der Waals surface area contributed by atoms with Gasteiger partial charge in [-0.25, -0.2) is 0 Å². The lowest BCUT2D eigenvalue weighted by Gasteiger charge is -2.26. The van der Waals surface area contributed by atoms with Gasteiger partial charge in [-0.1, -0.05) is 0 Å². The van der Waals surface area contributed by atoms with Crippen LogP contribution in [0.3, 0.4) is 0 Å². The van der Waals surface area contributed by atoms with Crippen LogP contribution in [0, 0.1) is 13.8 Å². The maximum absolute atomic E-state index is 12.4. The average Bonchev–Trinajstić information content (AvgIpc) is 2.67. The fourth-order valence-corrected chi connectivity index (χ4v) is 2.85. The standard InChI is InChI=1S/C20H23N3O4/c1-14-11-16(12-15(2)21-14)20(25)22-17-3-5-18(6-4-17)27-13-19(24)23-7-9-26-10-8-23/h3-6,11-12H,7-10,13H2,1-2H3,(H,22,25). The number of rotatable bonds is 5. The van der Waals surface area contributed by atoms with E-state index in [0.717, 1.165) is 11.4 Å². The van der Waals surface area contributed by atoms with Gasteiger partial charge in [-0.05, 0) is 50.2 Å². The molecule has 1 aliphatic heterocycles. The van der Waals surface area contributed by atoms with E-state index in [2.05, 4.69) is 10.3 Å². The lowest BCUT2D eigenvalue weighted by molar-refractivity contribution is -0.137. The van der Waals surface area contributed by atoms with Crippen molar-refractivity contribution >= 4 is 17.5 Å². The minimum Gasteiger partial charge on any atom is -0.484 e. The first-order chi connectivity index (χ1) is 13.0. The number of nitrogens with zero attached hydrogens (tertiary/aromatic N) is 2. The van der Waals surface area contributed by atoms with Crippen molar-refractivity contribution in [3.05, 3.63) is 53.3 Å². The SMILES string of the molecule is Cc1cc(C(=O)Nc2ccc(OCC(=O)N3CCOCC3)cc2)cc(C)n1. The van der Waals surface area contributed by atoms with Gasteiger partial charge in [0.25, 0.3) is 11.8 Å². The highest BCUT2D eigenvalue weighted by Crippen LogP contribution is 2.17. The number of nitrogens with one attached hydrogen (secondary N) is 1. The molecular formula is C20H23N3O4. The lowest BCUT2D eigenvalue weighted by Crippen LogP contribution is -2.42. The van der Waals surface area contributed by atoms with Gasteiger partial charge in [0.05, 0.1) is 13.2 Å². The second-order valence-electron chi connectivity index (χ2n) is 6.40. The summed E-state index contributed by atoms with van der Waals surface area (Å²) in [6.07, 6.45) is 0. The normalized spacial score (nSPS) is 13.9. The number of carbonyl (C=O) groups is 2. The molecule has 0 aliphatic carbocycles. The summed E-state index contributed by atoms with van der Waals surface area (Å²) in [7, 11) is 0. The van der Waals surface area contributed by atoms with Crippen LogP contribution in [0.2, 0.25) is 0 Å². The summed E-state index contributed by atoms with van der Waals surface area (Å²) in [5, 5.41) is 2.85. The molecule has 7 nitrogen and oxygen atoms in total. The zero-order valence-electron chi connectivity index (χ0n) is 15.5. The van der Waals surface area contributed by atoms with Gasteiger partial charge in [-0.2, -0.15) is 0 Å².